The third-order valence-electron chi connectivity index (χ3n) is 6.30. The summed E-state index contributed by atoms with van der Waals surface area (Å²) in [5.41, 5.74) is 2.89. The fourth-order valence-electron chi connectivity index (χ4n) is 4.91. The predicted molar refractivity (Wildman–Crippen MR) is 108 cm³/mol. The summed E-state index contributed by atoms with van der Waals surface area (Å²) in [5.74, 6) is 0.955. The maximum absolute atomic E-state index is 12.7. The van der Waals surface area contributed by atoms with E-state index in [-0.39, 0.29) is 11.9 Å². The number of amides is 1. The Labute approximate surface area is 167 Å². The van der Waals surface area contributed by atoms with Gasteiger partial charge in [-0.25, -0.2) is 9.97 Å². The first-order valence-corrected chi connectivity index (χ1v) is 10.7. The molecule has 4 atom stereocenters. The third kappa shape index (κ3) is 3.12. The van der Waals surface area contributed by atoms with E-state index in [1.807, 2.05) is 41.7 Å². The monoisotopic (exact) mass is 396 g/mol. The first-order valence-electron chi connectivity index (χ1n) is 9.87. The van der Waals surface area contributed by atoms with Crippen LogP contribution in [-0.4, -0.2) is 49.6 Å². The number of rotatable bonds is 3. The van der Waals surface area contributed by atoms with Crippen LogP contribution in [0, 0.1) is 18.8 Å². The van der Waals surface area contributed by atoms with E-state index in [0.717, 1.165) is 47.7 Å². The molecular formula is C21H24N4O2S. The average molecular weight is 397 g/mol. The SMILES string of the molecule is Cc1nc(CC(=O)N2C[C@H]3C[C@@H](n4cnc5ccccc54)[C@H](O)C[C@H]3C2)cs1. The molecule has 1 saturated heterocycles. The number of carbonyl (C=O) groups excluding carboxylic acids is 1. The van der Waals surface area contributed by atoms with Crippen molar-refractivity contribution >= 4 is 28.3 Å². The molecule has 1 saturated carbocycles. The van der Waals surface area contributed by atoms with Crippen molar-refractivity contribution in [2.45, 2.75) is 38.3 Å². The van der Waals surface area contributed by atoms with Crippen molar-refractivity contribution in [3.05, 3.63) is 46.7 Å². The highest BCUT2D eigenvalue weighted by Gasteiger charge is 2.43. The molecule has 1 N–H and O–H groups in total. The number of aromatic nitrogens is 3. The highest BCUT2D eigenvalue weighted by molar-refractivity contribution is 7.09. The Hall–Kier alpha value is -2.25. The van der Waals surface area contributed by atoms with Gasteiger partial charge in [0, 0.05) is 18.5 Å². The zero-order valence-electron chi connectivity index (χ0n) is 15.9. The van der Waals surface area contributed by atoms with E-state index >= 15 is 0 Å². The van der Waals surface area contributed by atoms with E-state index in [1.165, 1.54) is 0 Å². The molecule has 2 aliphatic rings. The summed E-state index contributed by atoms with van der Waals surface area (Å²) < 4.78 is 2.12. The average Bonchev–Trinajstić information content (AvgIpc) is 3.39. The van der Waals surface area contributed by atoms with Gasteiger partial charge in [-0.1, -0.05) is 12.1 Å². The summed E-state index contributed by atoms with van der Waals surface area (Å²) in [6, 6.07) is 8.07. The van der Waals surface area contributed by atoms with Gasteiger partial charge in [-0.05, 0) is 43.7 Å². The molecule has 0 bridgehead atoms. The van der Waals surface area contributed by atoms with Crippen LogP contribution in [0.4, 0.5) is 0 Å². The number of aryl methyl sites for hydroxylation is 1. The normalized spacial score (nSPS) is 27.3. The smallest absolute Gasteiger partial charge is 0.228 e. The molecule has 6 nitrogen and oxygen atoms in total. The second-order valence-corrected chi connectivity index (χ2v) is 9.16. The number of nitrogens with zero attached hydrogens (tertiary/aromatic N) is 4. The number of hydrogen-bond donors (Lipinski definition) is 1. The number of likely N-dealkylation sites (tertiary alicyclic amines) is 1. The minimum absolute atomic E-state index is 0.0184. The van der Waals surface area contributed by atoms with Crippen LogP contribution in [0.3, 0.4) is 0 Å². The van der Waals surface area contributed by atoms with Crippen LogP contribution in [0.15, 0.2) is 36.0 Å². The minimum Gasteiger partial charge on any atom is -0.391 e. The molecule has 28 heavy (non-hydrogen) atoms. The van der Waals surface area contributed by atoms with Crippen molar-refractivity contribution in [1.29, 1.82) is 0 Å². The van der Waals surface area contributed by atoms with Crippen molar-refractivity contribution in [2.75, 3.05) is 13.1 Å². The van der Waals surface area contributed by atoms with E-state index in [4.69, 9.17) is 0 Å². The molecule has 1 aliphatic heterocycles. The number of benzene rings is 1. The Morgan fingerprint density at radius 3 is 2.82 bits per heavy atom. The van der Waals surface area contributed by atoms with E-state index in [9.17, 15) is 9.90 Å². The topological polar surface area (TPSA) is 71.2 Å². The molecule has 1 amide bonds. The van der Waals surface area contributed by atoms with Crippen LogP contribution in [-0.2, 0) is 11.2 Å². The quantitative estimate of drug-likeness (QED) is 0.739. The lowest BCUT2D eigenvalue weighted by Gasteiger charge is -2.36. The van der Waals surface area contributed by atoms with Gasteiger partial charge >= 0.3 is 0 Å². The number of carbonyl (C=O) groups is 1. The van der Waals surface area contributed by atoms with Gasteiger partial charge < -0.3 is 14.6 Å². The lowest BCUT2D eigenvalue weighted by atomic mass is 9.77. The van der Waals surface area contributed by atoms with Gasteiger partial charge in [0.05, 0.1) is 46.6 Å². The van der Waals surface area contributed by atoms with E-state index < -0.39 is 6.10 Å². The summed E-state index contributed by atoms with van der Waals surface area (Å²) in [6.07, 6.45) is 3.44. The van der Waals surface area contributed by atoms with E-state index in [2.05, 4.69) is 20.6 Å². The number of thiazole rings is 1. The molecule has 146 valence electrons. The van der Waals surface area contributed by atoms with Crippen molar-refractivity contribution in [3.63, 3.8) is 0 Å². The second-order valence-electron chi connectivity index (χ2n) is 8.10. The number of fused-ring (bicyclic) bond motifs is 2. The zero-order valence-corrected chi connectivity index (χ0v) is 16.7. The Morgan fingerprint density at radius 1 is 1.25 bits per heavy atom. The van der Waals surface area contributed by atoms with E-state index in [0.29, 0.717) is 18.3 Å². The fraction of sp³-hybridized carbons (Fsp3) is 0.476. The second kappa shape index (κ2) is 6.97. The first-order chi connectivity index (χ1) is 13.6. The third-order valence-corrected chi connectivity index (χ3v) is 7.12. The number of hydrogen-bond acceptors (Lipinski definition) is 5. The van der Waals surface area contributed by atoms with Crippen LogP contribution in [0.25, 0.3) is 11.0 Å². The maximum atomic E-state index is 12.7. The molecule has 0 radical (unpaired) electrons. The van der Waals surface area contributed by atoms with Crippen LogP contribution in [0.2, 0.25) is 0 Å². The van der Waals surface area contributed by atoms with Crippen LogP contribution in [0.1, 0.15) is 29.6 Å². The Bertz CT molecular complexity index is 1010. The van der Waals surface area contributed by atoms with Gasteiger partial charge in [-0.15, -0.1) is 11.3 Å². The van der Waals surface area contributed by atoms with Gasteiger partial charge in [0.1, 0.15) is 0 Å². The van der Waals surface area contributed by atoms with Crippen LogP contribution >= 0.6 is 11.3 Å². The molecule has 2 fully saturated rings. The minimum atomic E-state index is -0.407. The van der Waals surface area contributed by atoms with Crippen molar-refractivity contribution in [2.24, 2.45) is 11.8 Å². The molecule has 1 aromatic carbocycles. The molecule has 3 heterocycles. The standard InChI is InChI=1S/C21H24N4O2S/c1-13-23-16(11-28-13)8-21(27)24-9-14-6-19(20(26)7-15(14)10-24)25-12-22-17-4-2-3-5-18(17)25/h2-5,11-12,14-15,19-20,26H,6-10H2,1H3/t14-,15+,19-,20-/m1/s1. The largest absolute Gasteiger partial charge is 0.391 e. The highest BCUT2D eigenvalue weighted by atomic mass is 32.1. The van der Waals surface area contributed by atoms with Gasteiger partial charge in [0.2, 0.25) is 5.91 Å². The molecular weight excluding hydrogens is 372 g/mol. The van der Waals surface area contributed by atoms with E-state index in [1.54, 1.807) is 11.3 Å². The van der Waals surface area contributed by atoms with Crippen molar-refractivity contribution in [1.82, 2.24) is 19.4 Å². The van der Waals surface area contributed by atoms with Crippen LogP contribution < -0.4 is 0 Å². The first kappa shape index (κ1) is 17.8. The number of aliphatic hydroxyl groups is 1. The number of imidazole rings is 1. The summed E-state index contributed by atoms with van der Waals surface area (Å²) in [5, 5.41) is 13.8. The molecule has 2 aromatic heterocycles. The van der Waals surface area contributed by atoms with Crippen LogP contribution in [0.5, 0.6) is 0 Å². The zero-order chi connectivity index (χ0) is 19.3. The Morgan fingerprint density at radius 2 is 2.04 bits per heavy atom. The van der Waals surface area contributed by atoms with Crippen molar-refractivity contribution < 1.29 is 9.90 Å². The summed E-state index contributed by atoms with van der Waals surface area (Å²) >= 11 is 1.59. The van der Waals surface area contributed by atoms with Gasteiger partial charge in [-0.2, -0.15) is 0 Å². The molecule has 1 aliphatic carbocycles. The lowest BCUT2D eigenvalue weighted by molar-refractivity contribution is -0.129. The predicted octanol–water partition coefficient (Wildman–Crippen LogP) is 2.81. The fourth-order valence-corrected chi connectivity index (χ4v) is 5.52. The molecule has 7 heteroatoms. The highest BCUT2D eigenvalue weighted by Crippen LogP contribution is 2.42. The van der Waals surface area contributed by atoms with Gasteiger partial charge in [-0.3, -0.25) is 4.79 Å². The maximum Gasteiger partial charge on any atom is 0.228 e. The van der Waals surface area contributed by atoms with Gasteiger partial charge in [0.15, 0.2) is 0 Å². The molecule has 0 unspecified atom stereocenters. The molecule has 0 spiro atoms. The Kier molecular flexibility index (Phi) is 4.44. The van der Waals surface area contributed by atoms with Gasteiger partial charge in [0.25, 0.3) is 0 Å². The molecule has 3 aromatic rings. The number of para-hydroxylation sites is 2. The Balaban J connectivity index is 1.31. The molecule has 5 rings (SSSR count). The number of aliphatic hydroxyl groups excluding tert-OH is 1. The summed E-state index contributed by atoms with van der Waals surface area (Å²) in [7, 11) is 0. The summed E-state index contributed by atoms with van der Waals surface area (Å²) in [4.78, 5) is 23.6. The lowest BCUT2D eigenvalue weighted by Crippen LogP contribution is -2.36. The van der Waals surface area contributed by atoms with Crippen molar-refractivity contribution in [3.8, 4) is 0 Å². The summed E-state index contributed by atoms with van der Waals surface area (Å²) in [6.45, 7) is 3.49.